The quantitative estimate of drug-likeness (QED) is 0.131. The van der Waals surface area contributed by atoms with E-state index in [1.54, 1.807) is 33.5 Å². The van der Waals surface area contributed by atoms with Crippen LogP contribution in [0.2, 0.25) is 10.0 Å². The van der Waals surface area contributed by atoms with Gasteiger partial charge in [-0.2, -0.15) is 5.26 Å². The van der Waals surface area contributed by atoms with Gasteiger partial charge in [-0.3, -0.25) is 4.79 Å². The van der Waals surface area contributed by atoms with Gasteiger partial charge in [0.25, 0.3) is 5.91 Å². The molecule has 2 fully saturated rings. The average Bonchev–Trinajstić information content (AvgIpc) is 3.67. The third-order valence-corrected chi connectivity index (χ3v) is 11.2. The number of nitriles is 1. The molecule has 1 atom stereocenters. The van der Waals surface area contributed by atoms with Crippen LogP contribution in [0, 0.1) is 11.3 Å². The largest absolute Gasteiger partial charge is 0.493 e. The van der Waals surface area contributed by atoms with Crippen molar-refractivity contribution in [2.45, 2.75) is 50.5 Å². The summed E-state index contributed by atoms with van der Waals surface area (Å²) in [6.07, 6.45) is 5.07. The highest BCUT2D eigenvalue weighted by Gasteiger charge is 2.42. The second kappa shape index (κ2) is 16.4. The zero-order valence-electron chi connectivity index (χ0n) is 29.7. The van der Waals surface area contributed by atoms with Crippen molar-refractivity contribution in [3.8, 4) is 23.3 Å². The van der Waals surface area contributed by atoms with Gasteiger partial charge in [-0.05, 0) is 87.2 Å². The Labute approximate surface area is 310 Å². The number of rotatable bonds is 13. The molecule has 3 heterocycles. The van der Waals surface area contributed by atoms with Gasteiger partial charge in [-0.25, -0.2) is 4.98 Å². The maximum absolute atomic E-state index is 14.0. The van der Waals surface area contributed by atoms with E-state index in [0.29, 0.717) is 52.4 Å². The van der Waals surface area contributed by atoms with Gasteiger partial charge in [0.1, 0.15) is 0 Å². The van der Waals surface area contributed by atoms with Crippen molar-refractivity contribution >= 4 is 46.1 Å². The lowest BCUT2D eigenvalue weighted by Gasteiger charge is -2.33. The number of likely N-dealkylation sites (tertiary alicyclic amines) is 1. The van der Waals surface area contributed by atoms with E-state index in [4.69, 9.17) is 47.7 Å². The lowest BCUT2D eigenvalue weighted by Crippen LogP contribution is -2.39. The number of hydrogen-bond acceptors (Lipinski definition) is 8. The van der Waals surface area contributed by atoms with Crippen LogP contribution in [0.25, 0.3) is 11.0 Å². The summed E-state index contributed by atoms with van der Waals surface area (Å²) in [5.74, 6) is 2.27. The number of nitrogens with zero attached hydrogens (tertiary/aromatic N) is 6. The van der Waals surface area contributed by atoms with Crippen LogP contribution in [0.15, 0.2) is 54.6 Å². The van der Waals surface area contributed by atoms with Gasteiger partial charge in [0.05, 0.1) is 48.5 Å². The Balaban J connectivity index is 1.19. The van der Waals surface area contributed by atoms with Crippen LogP contribution in [0.4, 0.5) is 5.95 Å². The van der Waals surface area contributed by atoms with Gasteiger partial charge in [0.2, 0.25) is 11.7 Å². The Kier molecular flexibility index (Phi) is 11.8. The van der Waals surface area contributed by atoms with Crippen LogP contribution in [-0.2, 0) is 12.0 Å². The number of imidazole rings is 1. The number of aryl methyl sites for hydroxylation is 1. The number of aromatic nitrogens is 2. The number of halogens is 2. The summed E-state index contributed by atoms with van der Waals surface area (Å²) >= 11 is 13.0. The van der Waals surface area contributed by atoms with E-state index in [1.165, 1.54) is 0 Å². The maximum Gasteiger partial charge on any atom is 0.254 e. The molecule has 0 radical (unpaired) electrons. The van der Waals surface area contributed by atoms with Gasteiger partial charge >= 0.3 is 0 Å². The third kappa shape index (κ3) is 7.86. The van der Waals surface area contributed by atoms with Crippen molar-refractivity contribution in [3.63, 3.8) is 0 Å². The summed E-state index contributed by atoms with van der Waals surface area (Å²) in [6, 6.07) is 19.9. The number of ether oxygens (including phenoxy) is 3. The predicted octanol–water partition coefficient (Wildman–Crippen LogP) is 7.45. The molecule has 12 heteroatoms. The minimum absolute atomic E-state index is 0.0860. The molecule has 0 bridgehead atoms. The lowest BCUT2D eigenvalue weighted by atomic mass is 9.76. The SMILES string of the molecule is COc1cc(C(=O)N2CCC(CCN3CCCN(c4nc5ccccc5n4CCCCC#N)CC3)(c3ccc(Cl)c(Cl)c3)C2)cc(OC)c1OC. The Hall–Kier alpha value is -4.17. The van der Waals surface area contributed by atoms with Gasteiger partial charge < -0.3 is 33.5 Å². The second-order valence-electron chi connectivity index (χ2n) is 13.4. The fraction of sp³-hybridized carbons (Fsp3) is 0.462. The highest BCUT2D eigenvalue weighted by Crippen LogP contribution is 2.43. The number of unbranched alkanes of at least 4 members (excludes halogenated alkanes) is 2. The molecule has 6 rings (SSSR count). The molecule has 2 aliphatic heterocycles. The molecule has 1 unspecified atom stereocenters. The molecule has 3 aromatic carbocycles. The summed E-state index contributed by atoms with van der Waals surface area (Å²) < 4.78 is 18.9. The summed E-state index contributed by atoms with van der Waals surface area (Å²) in [6.45, 7) is 6.55. The average molecular weight is 734 g/mol. The minimum Gasteiger partial charge on any atom is -0.493 e. The van der Waals surface area contributed by atoms with E-state index in [-0.39, 0.29) is 11.3 Å². The van der Waals surface area contributed by atoms with Crippen LogP contribution in [0.5, 0.6) is 17.2 Å². The van der Waals surface area contributed by atoms with Crippen molar-refractivity contribution in [1.82, 2.24) is 19.4 Å². The normalized spacial score (nSPS) is 18.1. The predicted molar refractivity (Wildman–Crippen MR) is 202 cm³/mol. The van der Waals surface area contributed by atoms with Crippen LogP contribution in [0.3, 0.4) is 0 Å². The third-order valence-electron chi connectivity index (χ3n) is 10.4. The number of anilines is 1. The maximum atomic E-state index is 14.0. The van der Waals surface area contributed by atoms with Gasteiger partial charge in [-0.15, -0.1) is 0 Å². The number of amides is 1. The molecule has 1 aromatic heterocycles. The first-order valence-corrected chi connectivity index (χ1v) is 18.4. The number of benzene rings is 3. The fourth-order valence-electron chi connectivity index (χ4n) is 7.61. The van der Waals surface area contributed by atoms with E-state index in [0.717, 1.165) is 93.9 Å². The van der Waals surface area contributed by atoms with E-state index in [9.17, 15) is 4.79 Å². The van der Waals surface area contributed by atoms with Crippen LogP contribution < -0.4 is 19.1 Å². The summed E-state index contributed by atoms with van der Waals surface area (Å²) in [4.78, 5) is 26.0. The molecule has 270 valence electrons. The number of carbonyl (C=O) groups is 1. The van der Waals surface area contributed by atoms with E-state index < -0.39 is 0 Å². The highest BCUT2D eigenvalue weighted by atomic mass is 35.5. The first-order valence-electron chi connectivity index (χ1n) is 17.6. The zero-order valence-corrected chi connectivity index (χ0v) is 31.2. The number of fused-ring (bicyclic) bond motifs is 1. The molecule has 0 saturated carbocycles. The zero-order chi connectivity index (χ0) is 36.0. The van der Waals surface area contributed by atoms with Crippen LogP contribution in [-0.4, -0.2) is 92.4 Å². The molecule has 0 N–H and O–H groups in total. The molecular formula is C39H46Cl2N6O4. The molecule has 2 saturated heterocycles. The van der Waals surface area contributed by atoms with Crippen LogP contribution in [0.1, 0.15) is 54.4 Å². The smallest absolute Gasteiger partial charge is 0.254 e. The summed E-state index contributed by atoms with van der Waals surface area (Å²) in [5.41, 5.74) is 3.43. The monoisotopic (exact) mass is 732 g/mol. The van der Waals surface area contributed by atoms with Gasteiger partial charge in [0, 0.05) is 56.7 Å². The topological polar surface area (TPSA) is 96.1 Å². The van der Waals surface area contributed by atoms with Gasteiger partial charge in [-0.1, -0.05) is 41.4 Å². The molecule has 1 amide bonds. The van der Waals surface area contributed by atoms with Crippen molar-refractivity contribution in [3.05, 3.63) is 75.8 Å². The fourth-order valence-corrected chi connectivity index (χ4v) is 7.91. The number of methoxy groups -OCH3 is 3. The van der Waals surface area contributed by atoms with E-state index >= 15 is 0 Å². The van der Waals surface area contributed by atoms with Gasteiger partial charge in [0.15, 0.2) is 11.5 Å². The summed E-state index contributed by atoms with van der Waals surface area (Å²) in [7, 11) is 4.65. The Morgan fingerprint density at radius 3 is 2.41 bits per heavy atom. The molecular weight excluding hydrogens is 687 g/mol. The van der Waals surface area contributed by atoms with E-state index in [1.807, 2.05) is 23.1 Å². The number of carbonyl (C=O) groups excluding carboxylic acids is 1. The molecule has 4 aromatic rings. The van der Waals surface area contributed by atoms with E-state index in [2.05, 4.69) is 44.7 Å². The molecule has 2 aliphatic rings. The van der Waals surface area contributed by atoms with Crippen molar-refractivity contribution < 1.29 is 19.0 Å². The molecule has 10 nitrogen and oxygen atoms in total. The molecule has 0 spiro atoms. The Morgan fingerprint density at radius 2 is 1.69 bits per heavy atom. The highest BCUT2D eigenvalue weighted by molar-refractivity contribution is 6.42. The van der Waals surface area contributed by atoms with Crippen molar-refractivity contribution in [2.75, 3.05) is 72.0 Å². The Bertz CT molecular complexity index is 1870. The second-order valence-corrected chi connectivity index (χ2v) is 14.2. The number of para-hydroxylation sites is 2. The molecule has 51 heavy (non-hydrogen) atoms. The lowest BCUT2D eigenvalue weighted by molar-refractivity contribution is 0.0780. The minimum atomic E-state index is -0.298. The first-order chi connectivity index (χ1) is 24.8. The van der Waals surface area contributed by atoms with Crippen LogP contribution >= 0.6 is 23.2 Å². The number of hydrogen-bond donors (Lipinski definition) is 0. The summed E-state index contributed by atoms with van der Waals surface area (Å²) in [5, 5.41) is 10.1. The first kappa shape index (κ1) is 36.6. The standard InChI is InChI=1S/C39H46Cl2N6O4/c1-49-34-24-28(25-35(50-2)36(34)51-3)37(48)46-21-15-39(27-46,29-12-13-30(40)31(41)26-29)14-20-44-17-9-18-45(23-22-44)38-43-32-10-5-6-11-33(32)47(38)19-8-4-7-16-42/h5-6,10-13,24-26H,4,7-9,14-15,17-23,27H2,1-3H3. The molecule has 0 aliphatic carbocycles. The Morgan fingerprint density at radius 1 is 0.902 bits per heavy atom. The van der Waals surface area contributed by atoms with Crippen molar-refractivity contribution in [2.24, 2.45) is 0 Å². The van der Waals surface area contributed by atoms with Crippen molar-refractivity contribution in [1.29, 1.82) is 5.26 Å².